The van der Waals surface area contributed by atoms with Crippen LogP contribution in [-0.4, -0.2) is 29.2 Å². The molecule has 0 aliphatic carbocycles. The molecule has 12 heteroatoms. The Balaban J connectivity index is 0.000000197. The van der Waals surface area contributed by atoms with Gasteiger partial charge in [0.15, 0.2) is 0 Å². The summed E-state index contributed by atoms with van der Waals surface area (Å²) in [5.41, 5.74) is 8.35. The third-order valence-corrected chi connectivity index (χ3v) is 6.06. The Bertz CT molecular complexity index is 1700. The first-order valence-corrected chi connectivity index (χ1v) is 13.7. The molecule has 5 aromatic rings. The number of phenolic OH excluding ortho intramolecular Hbond substituents is 1. The maximum absolute atomic E-state index is 10.6. The second-order valence-electron chi connectivity index (χ2n) is 9.38. The highest BCUT2D eigenvalue weighted by Gasteiger charge is 2.06. The van der Waals surface area contributed by atoms with E-state index in [9.17, 15) is 20.2 Å². The number of rotatable bonds is 10. The van der Waals surface area contributed by atoms with Crippen LogP contribution in [0.15, 0.2) is 121 Å². The van der Waals surface area contributed by atoms with Crippen LogP contribution >= 0.6 is 0 Å². The molecule has 0 aliphatic heterocycles. The lowest BCUT2D eigenvalue weighted by Crippen LogP contribution is -1.96. The topological polar surface area (TPSA) is 169 Å². The van der Waals surface area contributed by atoms with E-state index in [1.165, 1.54) is 30.3 Å². The average molecular weight is 628 g/mol. The van der Waals surface area contributed by atoms with Crippen LogP contribution in [0.2, 0.25) is 0 Å². The van der Waals surface area contributed by atoms with E-state index in [4.69, 9.17) is 29.8 Å². The van der Waals surface area contributed by atoms with Gasteiger partial charge in [-0.1, -0.05) is 42.5 Å². The van der Waals surface area contributed by atoms with E-state index >= 15 is 0 Å². The molecule has 46 heavy (non-hydrogen) atoms. The number of hydrogen-bond donors (Lipinski definition) is 2. The van der Waals surface area contributed by atoms with E-state index in [-0.39, 0.29) is 17.1 Å². The summed E-state index contributed by atoms with van der Waals surface area (Å²) in [6, 6.07) is 34.0. The van der Waals surface area contributed by atoms with E-state index in [1.54, 1.807) is 26.4 Å². The zero-order valence-corrected chi connectivity index (χ0v) is 25.1. The summed E-state index contributed by atoms with van der Waals surface area (Å²) in [6.45, 7) is 0.874. The number of nitrogens with zero attached hydrogens (tertiary/aromatic N) is 2. The number of nitro benzene ring substituents is 2. The van der Waals surface area contributed by atoms with Crippen LogP contribution in [0.5, 0.6) is 28.7 Å². The number of hydrogen-bond acceptors (Lipinski definition) is 10. The van der Waals surface area contributed by atoms with E-state index in [0.717, 1.165) is 34.4 Å². The Morgan fingerprint density at radius 1 is 0.587 bits per heavy atom. The van der Waals surface area contributed by atoms with Gasteiger partial charge in [0.25, 0.3) is 11.4 Å². The van der Waals surface area contributed by atoms with E-state index in [1.807, 2.05) is 72.8 Å². The minimum atomic E-state index is -0.556. The summed E-state index contributed by atoms with van der Waals surface area (Å²) in [6.07, 6.45) is 0. The molecule has 0 aliphatic rings. The molecule has 238 valence electrons. The van der Waals surface area contributed by atoms with Gasteiger partial charge in [0.05, 0.1) is 36.2 Å². The number of aromatic hydroxyl groups is 1. The van der Waals surface area contributed by atoms with Crippen molar-refractivity contribution in [1.82, 2.24) is 0 Å². The molecular formula is C34H33N3O9. The lowest BCUT2D eigenvalue weighted by atomic mass is 10.2. The molecule has 0 heterocycles. The summed E-state index contributed by atoms with van der Waals surface area (Å²) < 4.78 is 21.3. The van der Waals surface area contributed by atoms with Crippen molar-refractivity contribution < 1.29 is 33.9 Å². The summed E-state index contributed by atoms with van der Waals surface area (Å²) in [7, 11) is 3.26. The Labute approximate surface area is 265 Å². The number of methoxy groups -OCH3 is 2. The summed E-state index contributed by atoms with van der Waals surface area (Å²) in [5, 5.41) is 29.4. The van der Waals surface area contributed by atoms with Crippen molar-refractivity contribution in [3.8, 4) is 28.7 Å². The Hall–Kier alpha value is -6.30. The monoisotopic (exact) mass is 627 g/mol. The zero-order chi connectivity index (χ0) is 33.3. The van der Waals surface area contributed by atoms with Crippen molar-refractivity contribution in [3.63, 3.8) is 0 Å². The number of nitrogens with two attached hydrogens (primary N) is 1. The Morgan fingerprint density at radius 3 is 1.43 bits per heavy atom. The summed E-state index contributed by atoms with van der Waals surface area (Å²) in [4.78, 5) is 19.7. The molecule has 12 nitrogen and oxygen atoms in total. The van der Waals surface area contributed by atoms with Crippen LogP contribution in [-0.2, 0) is 13.2 Å². The molecule has 3 N–H and O–H groups in total. The first-order chi connectivity index (χ1) is 22.2. The molecule has 0 spiro atoms. The van der Waals surface area contributed by atoms with Gasteiger partial charge in [0.1, 0.15) is 42.0 Å². The first kappa shape index (κ1) is 34.2. The number of nitro groups is 2. The maximum atomic E-state index is 10.6. The van der Waals surface area contributed by atoms with Crippen LogP contribution in [0.25, 0.3) is 0 Å². The van der Waals surface area contributed by atoms with Crippen molar-refractivity contribution in [2.45, 2.75) is 13.2 Å². The number of ether oxygens (including phenoxy) is 4. The van der Waals surface area contributed by atoms with E-state index in [2.05, 4.69) is 0 Å². The Morgan fingerprint density at radius 2 is 1.02 bits per heavy atom. The molecule has 0 fully saturated rings. The minimum Gasteiger partial charge on any atom is -0.508 e. The van der Waals surface area contributed by atoms with Gasteiger partial charge in [-0.2, -0.15) is 0 Å². The van der Waals surface area contributed by atoms with Crippen molar-refractivity contribution >= 4 is 17.1 Å². The maximum Gasteiger partial charge on any atom is 0.273 e. The molecule has 0 unspecified atom stereocenters. The van der Waals surface area contributed by atoms with E-state index in [0.29, 0.717) is 24.7 Å². The third-order valence-electron chi connectivity index (χ3n) is 6.06. The molecule has 0 aromatic heterocycles. The van der Waals surface area contributed by atoms with Gasteiger partial charge >= 0.3 is 0 Å². The number of non-ortho nitro benzene ring substituents is 2. The van der Waals surface area contributed by atoms with Crippen LogP contribution in [0, 0.1) is 20.2 Å². The molecule has 0 saturated heterocycles. The number of benzene rings is 5. The predicted octanol–water partition coefficient (Wildman–Crippen LogP) is 7.34. The predicted molar refractivity (Wildman–Crippen MR) is 173 cm³/mol. The third kappa shape index (κ3) is 11.8. The summed E-state index contributed by atoms with van der Waals surface area (Å²) in [5.74, 6) is 2.79. The van der Waals surface area contributed by atoms with Gasteiger partial charge < -0.3 is 29.8 Å². The molecule has 0 amide bonds. The van der Waals surface area contributed by atoms with Gasteiger partial charge in [0, 0.05) is 23.9 Å². The molecule has 0 saturated carbocycles. The average Bonchev–Trinajstić information content (AvgIpc) is 3.07. The van der Waals surface area contributed by atoms with Crippen molar-refractivity contribution in [2.75, 3.05) is 20.0 Å². The normalized spacial score (nSPS) is 9.78. The van der Waals surface area contributed by atoms with Crippen molar-refractivity contribution in [1.29, 1.82) is 0 Å². The van der Waals surface area contributed by atoms with Crippen LogP contribution in [0.4, 0.5) is 17.1 Å². The highest BCUT2D eigenvalue weighted by atomic mass is 16.6. The molecule has 5 aromatic carbocycles. The van der Waals surface area contributed by atoms with Crippen LogP contribution in [0.3, 0.4) is 0 Å². The second kappa shape index (κ2) is 17.7. The molecule has 0 radical (unpaired) electrons. The summed E-state index contributed by atoms with van der Waals surface area (Å²) >= 11 is 0. The van der Waals surface area contributed by atoms with E-state index < -0.39 is 9.85 Å². The molecular weight excluding hydrogens is 594 g/mol. The highest BCUT2D eigenvalue weighted by Crippen LogP contribution is 2.21. The quantitative estimate of drug-likeness (QED) is 0.0907. The minimum absolute atomic E-state index is 0.0206. The van der Waals surface area contributed by atoms with Gasteiger partial charge in [-0.15, -0.1) is 0 Å². The molecule has 5 rings (SSSR count). The fourth-order valence-corrected chi connectivity index (χ4v) is 3.67. The fourth-order valence-electron chi connectivity index (χ4n) is 3.67. The smallest absolute Gasteiger partial charge is 0.273 e. The number of phenols is 1. The van der Waals surface area contributed by atoms with Gasteiger partial charge in [-0.25, -0.2) is 0 Å². The highest BCUT2D eigenvalue weighted by molar-refractivity contribution is 5.43. The van der Waals surface area contributed by atoms with Gasteiger partial charge in [-0.05, 0) is 59.7 Å². The molecule has 0 atom stereocenters. The lowest BCUT2D eigenvalue weighted by Gasteiger charge is -2.07. The van der Waals surface area contributed by atoms with Crippen LogP contribution < -0.4 is 24.7 Å². The zero-order valence-electron chi connectivity index (χ0n) is 25.1. The largest absolute Gasteiger partial charge is 0.508 e. The standard InChI is InChI=1S/C14H13NO4.C14H15NO2.C6H5NO3/c1-18-13-7-5-11(6-8-13)10-19-14-4-2-3-12(9-14)15(16)17;1-16-13-7-5-11(6-8-13)10-17-14-4-2-3-12(15)9-14;8-6-3-1-2-5(4-6)7(9)10/h2-9H,10H2,1H3;2-9H,10,15H2,1H3;1-4,8H. The molecule has 0 bridgehead atoms. The SMILES string of the molecule is COc1ccc(COc2cccc(N)c2)cc1.COc1ccc(COc2cccc([N+](=O)[O-])c2)cc1.O=[N+]([O-])c1cccc(O)c1. The Kier molecular flexibility index (Phi) is 13.2. The number of nitrogen functional groups attached to an aromatic ring is 1. The first-order valence-electron chi connectivity index (χ1n) is 13.7. The lowest BCUT2D eigenvalue weighted by molar-refractivity contribution is -0.385. The van der Waals surface area contributed by atoms with Gasteiger partial charge in [0.2, 0.25) is 0 Å². The number of anilines is 1. The van der Waals surface area contributed by atoms with Crippen molar-refractivity contribution in [2.24, 2.45) is 0 Å². The fraction of sp³-hybridized carbons (Fsp3) is 0.118. The van der Waals surface area contributed by atoms with Crippen LogP contribution in [0.1, 0.15) is 11.1 Å². The van der Waals surface area contributed by atoms with Gasteiger partial charge in [-0.3, -0.25) is 20.2 Å². The van der Waals surface area contributed by atoms with Crippen molar-refractivity contribution in [3.05, 3.63) is 153 Å². The second-order valence-corrected chi connectivity index (χ2v) is 9.38.